The summed E-state index contributed by atoms with van der Waals surface area (Å²) in [7, 11) is 0. The first-order chi connectivity index (χ1) is 16.9. The number of carbonyl (C=O) groups excluding carboxylic acids is 1. The van der Waals surface area contributed by atoms with Gasteiger partial charge in [0.25, 0.3) is 5.69 Å². The summed E-state index contributed by atoms with van der Waals surface area (Å²) in [6.07, 6.45) is 0. The number of nitro benzene ring substituents is 1. The molecule has 1 aromatic heterocycles. The minimum Gasteiger partial charge on any atom is -0.483 e. The Morgan fingerprint density at radius 2 is 1.86 bits per heavy atom. The number of amides is 1. The van der Waals surface area contributed by atoms with E-state index in [2.05, 4.69) is 15.5 Å². The van der Waals surface area contributed by atoms with E-state index in [0.29, 0.717) is 22.2 Å². The maximum atomic E-state index is 13.9. The van der Waals surface area contributed by atoms with Crippen LogP contribution in [0.2, 0.25) is 0 Å². The number of nitro groups is 1. The predicted molar refractivity (Wildman–Crippen MR) is 129 cm³/mol. The van der Waals surface area contributed by atoms with Crippen LogP contribution >= 0.6 is 11.8 Å². The molecule has 0 spiro atoms. The summed E-state index contributed by atoms with van der Waals surface area (Å²) in [5, 5.41) is 22.5. The summed E-state index contributed by atoms with van der Waals surface area (Å²) in [5.74, 6) is -0.226. The van der Waals surface area contributed by atoms with Gasteiger partial charge >= 0.3 is 0 Å². The fourth-order valence-corrected chi connectivity index (χ4v) is 4.02. The molecule has 11 heteroatoms. The number of aryl methyl sites for hydroxylation is 1. The second-order valence-corrected chi connectivity index (χ2v) is 8.32. The van der Waals surface area contributed by atoms with Gasteiger partial charge in [-0.25, -0.2) is 4.39 Å². The number of thioether (sulfide) groups is 1. The largest absolute Gasteiger partial charge is 0.483 e. The highest BCUT2D eigenvalue weighted by Crippen LogP contribution is 2.25. The van der Waals surface area contributed by atoms with Crippen molar-refractivity contribution in [3.63, 3.8) is 0 Å². The molecule has 4 rings (SSSR count). The number of hydrogen-bond donors (Lipinski definition) is 1. The molecule has 0 fully saturated rings. The van der Waals surface area contributed by atoms with Crippen LogP contribution in [0, 0.1) is 22.9 Å². The van der Waals surface area contributed by atoms with Crippen LogP contribution in [0.3, 0.4) is 0 Å². The fraction of sp³-hybridized carbons (Fsp3) is 0.125. The van der Waals surface area contributed by atoms with Crippen molar-refractivity contribution in [1.82, 2.24) is 14.8 Å². The molecule has 4 aromatic rings. The van der Waals surface area contributed by atoms with E-state index in [9.17, 15) is 19.3 Å². The molecule has 1 heterocycles. The predicted octanol–water partition coefficient (Wildman–Crippen LogP) is 4.93. The van der Waals surface area contributed by atoms with Gasteiger partial charge in [-0.05, 0) is 42.8 Å². The van der Waals surface area contributed by atoms with Gasteiger partial charge in [-0.2, -0.15) is 0 Å². The summed E-state index contributed by atoms with van der Waals surface area (Å²) >= 11 is 1.17. The Balaban J connectivity index is 1.49. The van der Waals surface area contributed by atoms with E-state index >= 15 is 0 Å². The zero-order valence-electron chi connectivity index (χ0n) is 18.6. The lowest BCUT2D eigenvalue weighted by atomic mass is 10.2. The van der Waals surface area contributed by atoms with Gasteiger partial charge in [-0.3, -0.25) is 19.5 Å². The number of ether oxygens (including phenoxy) is 1. The first kappa shape index (κ1) is 23.9. The van der Waals surface area contributed by atoms with Gasteiger partial charge < -0.3 is 10.1 Å². The van der Waals surface area contributed by atoms with Crippen LogP contribution in [-0.2, 0) is 11.4 Å². The average molecular weight is 494 g/mol. The quantitative estimate of drug-likeness (QED) is 0.200. The zero-order chi connectivity index (χ0) is 24.8. The lowest BCUT2D eigenvalue weighted by Crippen LogP contribution is -2.15. The fourth-order valence-electron chi connectivity index (χ4n) is 3.25. The number of non-ortho nitro benzene ring substituents is 1. The van der Waals surface area contributed by atoms with Crippen LogP contribution in [0.4, 0.5) is 15.8 Å². The number of hydrogen-bond acceptors (Lipinski definition) is 7. The molecular weight excluding hydrogens is 473 g/mol. The zero-order valence-corrected chi connectivity index (χ0v) is 19.4. The third-order valence-corrected chi connectivity index (χ3v) is 5.86. The third-order valence-electron chi connectivity index (χ3n) is 4.94. The van der Waals surface area contributed by atoms with Gasteiger partial charge in [0.15, 0.2) is 22.5 Å². The highest BCUT2D eigenvalue weighted by Gasteiger charge is 2.18. The van der Waals surface area contributed by atoms with Crippen molar-refractivity contribution >= 4 is 29.0 Å². The van der Waals surface area contributed by atoms with Crippen molar-refractivity contribution in [2.24, 2.45) is 0 Å². The first-order valence-electron chi connectivity index (χ1n) is 10.5. The monoisotopic (exact) mass is 493 g/mol. The smallest absolute Gasteiger partial charge is 0.269 e. The van der Waals surface area contributed by atoms with Gasteiger partial charge in [0, 0.05) is 23.5 Å². The Morgan fingerprint density at radius 1 is 1.11 bits per heavy atom. The summed E-state index contributed by atoms with van der Waals surface area (Å²) in [6.45, 7) is 1.65. The molecule has 0 unspecified atom stereocenters. The van der Waals surface area contributed by atoms with Crippen LogP contribution in [0.25, 0.3) is 5.69 Å². The van der Waals surface area contributed by atoms with E-state index < -0.39 is 10.7 Å². The van der Waals surface area contributed by atoms with Crippen LogP contribution in [0.1, 0.15) is 11.4 Å². The van der Waals surface area contributed by atoms with E-state index in [1.165, 1.54) is 42.1 Å². The Kier molecular flexibility index (Phi) is 7.36. The topological polar surface area (TPSA) is 112 Å². The molecule has 3 aromatic carbocycles. The second-order valence-electron chi connectivity index (χ2n) is 7.38. The highest BCUT2D eigenvalue weighted by atomic mass is 32.2. The van der Waals surface area contributed by atoms with Crippen molar-refractivity contribution < 1.29 is 18.8 Å². The molecule has 1 amide bonds. The number of halogens is 1. The Morgan fingerprint density at radius 3 is 2.57 bits per heavy atom. The van der Waals surface area contributed by atoms with E-state index in [0.717, 1.165) is 5.69 Å². The lowest BCUT2D eigenvalue weighted by molar-refractivity contribution is -0.384. The van der Waals surface area contributed by atoms with E-state index in [4.69, 9.17) is 4.74 Å². The van der Waals surface area contributed by atoms with E-state index in [1.54, 1.807) is 23.6 Å². The number of anilines is 1. The highest BCUT2D eigenvalue weighted by molar-refractivity contribution is 7.99. The van der Waals surface area contributed by atoms with Crippen LogP contribution in [-0.4, -0.2) is 31.3 Å². The minimum atomic E-state index is -0.488. The normalized spacial score (nSPS) is 10.7. The molecule has 9 nitrogen and oxygen atoms in total. The molecule has 35 heavy (non-hydrogen) atoms. The molecule has 0 saturated carbocycles. The number of benzene rings is 3. The van der Waals surface area contributed by atoms with Crippen LogP contribution in [0.15, 0.2) is 78.0 Å². The first-order valence-corrected chi connectivity index (χ1v) is 11.5. The van der Waals surface area contributed by atoms with E-state index in [1.807, 2.05) is 30.3 Å². The number of rotatable bonds is 9. The Labute approximate surface area is 204 Å². The molecule has 178 valence electrons. The summed E-state index contributed by atoms with van der Waals surface area (Å²) in [5.41, 5.74) is 1.79. The standard InChI is InChI=1S/C24H20FN5O4S/c1-16-13-18(30(32)33)11-12-20(16)26-23(31)15-35-24-28-27-22(29(24)17-7-3-2-4-8-17)14-34-21-10-6-5-9-19(21)25/h2-13H,14-15H2,1H3,(H,26,31). The minimum absolute atomic E-state index is 0.0234. The Bertz CT molecular complexity index is 1360. The molecule has 0 aliphatic carbocycles. The number of carbonyl (C=O) groups is 1. The van der Waals surface area contributed by atoms with Crippen molar-refractivity contribution in [1.29, 1.82) is 0 Å². The van der Waals surface area contributed by atoms with Gasteiger partial charge in [0.1, 0.15) is 6.61 Å². The van der Waals surface area contributed by atoms with Crippen molar-refractivity contribution in [2.75, 3.05) is 11.1 Å². The van der Waals surface area contributed by atoms with Gasteiger partial charge in [0.2, 0.25) is 5.91 Å². The van der Waals surface area contributed by atoms with Gasteiger partial charge in [-0.1, -0.05) is 42.1 Å². The van der Waals surface area contributed by atoms with Crippen molar-refractivity contribution in [2.45, 2.75) is 18.7 Å². The summed E-state index contributed by atoms with van der Waals surface area (Å²) in [6, 6.07) is 19.6. The molecule has 1 N–H and O–H groups in total. The van der Waals surface area contributed by atoms with E-state index in [-0.39, 0.29) is 29.7 Å². The van der Waals surface area contributed by atoms with Crippen LogP contribution in [0.5, 0.6) is 5.75 Å². The molecule has 0 aliphatic heterocycles. The van der Waals surface area contributed by atoms with Crippen molar-refractivity contribution in [3.05, 3.63) is 100 Å². The van der Waals surface area contributed by atoms with Gasteiger partial charge in [-0.15, -0.1) is 10.2 Å². The Hall–Kier alpha value is -4.25. The maximum Gasteiger partial charge on any atom is 0.269 e. The number of aromatic nitrogens is 3. The molecule has 0 bridgehead atoms. The number of nitrogens with zero attached hydrogens (tertiary/aromatic N) is 4. The number of para-hydroxylation sites is 2. The molecular formula is C24H20FN5O4S. The maximum absolute atomic E-state index is 13.9. The third kappa shape index (κ3) is 5.82. The lowest BCUT2D eigenvalue weighted by Gasteiger charge is -2.12. The van der Waals surface area contributed by atoms with Crippen LogP contribution < -0.4 is 10.1 Å². The molecule has 0 radical (unpaired) electrons. The van der Waals surface area contributed by atoms with Gasteiger partial charge in [0.05, 0.1) is 10.7 Å². The van der Waals surface area contributed by atoms with Crippen molar-refractivity contribution in [3.8, 4) is 11.4 Å². The summed E-state index contributed by atoms with van der Waals surface area (Å²) < 4.78 is 21.3. The average Bonchev–Trinajstić information content (AvgIpc) is 3.26. The second kappa shape index (κ2) is 10.8. The molecule has 0 saturated heterocycles. The molecule has 0 atom stereocenters. The SMILES string of the molecule is Cc1cc([N+](=O)[O-])ccc1NC(=O)CSc1nnc(COc2ccccc2F)n1-c1ccccc1. The summed E-state index contributed by atoms with van der Waals surface area (Å²) in [4.78, 5) is 23.0. The molecule has 0 aliphatic rings. The number of nitrogens with one attached hydrogen (secondary N) is 1.